The third-order valence-corrected chi connectivity index (χ3v) is 5.69. The maximum absolute atomic E-state index is 12.9. The number of aryl methyl sites for hydroxylation is 2. The molecule has 0 aliphatic carbocycles. The summed E-state index contributed by atoms with van der Waals surface area (Å²) in [5.41, 5.74) is 9.78. The van der Waals surface area contributed by atoms with Crippen LogP contribution < -0.4 is 16.0 Å². The monoisotopic (exact) mass is 457 g/mol. The van der Waals surface area contributed by atoms with Crippen LogP contribution >= 0.6 is 0 Å². The number of rotatable bonds is 8. The molecule has 0 saturated heterocycles. The lowest BCUT2D eigenvalue weighted by molar-refractivity contribution is -0.118. The number of amides is 2. The Morgan fingerprint density at radius 2 is 1.79 bits per heavy atom. The van der Waals surface area contributed by atoms with E-state index in [1.54, 1.807) is 34.7 Å². The van der Waals surface area contributed by atoms with E-state index >= 15 is 0 Å². The Balaban J connectivity index is 1.67. The Morgan fingerprint density at radius 1 is 1.09 bits per heavy atom. The lowest BCUT2D eigenvalue weighted by Gasteiger charge is -2.17. The molecule has 1 aromatic heterocycles. The normalized spacial score (nSPS) is 11.9. The SMILES string of the molecule is Cc1ccc(C(O)Nc2nc3cc(N(C)C(=O)c4ccccc4)ccc3n2CCC(N)=O)cc1. The topological polar surface area (TPSA) is 113 Å². The van der Waals surface area contributed by atoms with Crippen LogP contribution in [0.25, 0.3) is 11.0 Å². The highest BCUT2D eigenvalue weighted by Gasteiger charge is 2.18. The first-order valence-electron chi connectivity index (χ1n) is 11.0. The number of hydrogen-bond donors (Lipinski definition) is 3. The quantitative estimate of drug-likeness (QED) is 0.350. The van der Waals surface area contributed by atoms with E-state index in [-0.39, 0.29) is 12.3 Å². The third kappa shape index (κ3) is 4.92. The van der Waals surface area contributed by atoms with Gasteiger partial charge in [-0.15, -0.1) is 0 Å². The van der Waals surface area contributed by atoms with Gasteiger partial charge in [0.25, 0.3) is 5.91 Å². The zero-order valence-corrected chi connectivity index (χ0v) is 19.1. The largest absolute Gasteiger partial charge is 0.370 e. The second-order valence-corrected chi connectivity index (χ2v) is 8.16. The van der Waals surface area contributed by atoms with Crippen molar-refractivity contribution in [2.24, 2.45) is 5.73 Å². The summed E-state index contributed by atoms with van der Waals surface area (Å²) in [6.45, 7) is 2.27. The molecule has 0 bridgehead atoms. The van der Waals surface area contributed by atoms with Crippen molar-refractivity contribution >= 4 is 34.5 Å². The fourth-order valence-electron chi connectivity index (χ4n) is 3.73. The zero-order chi connectivity index (χ0) is 24.2. The van der Waals surface area contributed by atoms with Gasteiger partial charge in [-0.1, -0.05) is 48.0 Å². The van der Waals surface area contributed by atoms with Crippen molar-refractivity contribution in [2.45, 2.75) is 26.1 Å². The van der Waals surface area contributed by atoms with Gasteiger partial charge in [-0.2, -0.15) is 0 Å². The number of anilines is 2. The van der Waals surface area contributed by atoms with Gasteiger partial charge in [-0.25, -0.2) is 4.98 Å². The van der Waals surface area contributed by atoms with Crippen molar-refractivity contribution in [1.29, 1.82) is 0 Å². The number of benzene rings is 3. The number of hydrogen-bond acceptors (Lipinski definition) is 5. The molecule has 0 aliphatic heterocycles. The van der Waals surface area contributed by atoms with Crippen molar-refractivity contribution in [3.05, 3.63) is 89.5 Å². The summed E-state index contributed by atoms with van der Waals surface area (Å²) in [4.78, 5) is 30.5. The van der Waals surface area contributed by atoms with Gasteiger partial charge < -0.3 is 25.6 Å². The summed E-state index contributed by atoms with van der Waals surface area (Å²) >= 11 is 0. The fourth-order valence-corrected chi connectivity index (χ4v) is 3.73. The minimum absolute atomic E-state index is 0.120. The minimum Gasteiger partial charge on any atom is -0.370 e. The number of carbonyl (C=O) groups excluding carboxylic acids is 2. The molecule has 0 radical (unpaired) electrons. The summed E-state index contributed by atoms with van der Waals surface area (Å²) in [6, 6.07) is 22.0. The second kappa shape index (κ2) is 9.76. The van der Waals surface area contributed by atoms with E-state index < -0.39 is 12.1 Å². The molecule has 4 aromatic rings. The average molecular weight is 458 g/mol. The molecular formula is C26H27N5O3. The zero-order valence-electron chi connectivity index (χ0n) is 19.1. The van der Waals surface area contributed by atoms with Crippen LogP contribution in [0.15, 0.2) is 72.8 Å². The number of nitrogens with one attached hydrogen (secondary N) is 1. The van der Waals surface area contributed by atoms with Gasteiger partial charge in [-0.3, -0.25) is 9.59 Å². The molecule has 1 atom stereocenters. The first kappa shape index (κ1) is 23.0. The smallest absolute Gasteiger partial charge is 0.258 e. The first-order chi connectivity index (χ1) is 16.3. The van der Waals surface area contributed by atoms with Crippen molar-refractivity contribution in [2.75, 3.05) is 17.3 Å². The lowest BCUT2D eigenvalue weighted by Crippen LogP contribution is -2.26. The van der Waals surface area contributed by atoms with Crippen LogP contribution in [0.2, 0.25) is 0 Å². The number of aliphatic hydroxyl groups is 1. The first-order valence-corrected chi connectivity index (χ1v) is 11.0. The molecule has 2 amide bonds. The molecule has 0 saturated carbocycles. The molecule has 1 heterocycles. The standard InChI is InChI=1S/C26H27N5O3/c1-17-8-10-18(11-9-17)24(33)29-26-28-21-16-20(12-13-22(21)31(26)15-14-23(27)32)30(2)25(34)19-6-4-3-5-7-19/h3-13,16,24,33H,14-15H2,1-2H3,(H2,27,32)(H,28,29). The molecule has 8 heteroatoms. The van der Waals surface area contributed by atoms with E-state index in [1.165, 1.54) is 0 Å². The summed E-state index contributed by atoms with van der Waals surface area (Å²) in [5.74, 6) is -0.170. The molecule has 0 fully saturated rings. The van der Waals surface area contributed by atoms with Crippen LogP contribution in [0.5, 0.6) is 0 Å². The van der Waals surface area contributed by atoms with E-state index in [1.807, 2.05) is 61.5 Å². The van der Waals surface area contributed by atoms with Gasteiger partial charge >= 0.3 is 0 Å². The van der Waals surface area contributed by atoms with Crippen LogP contribution in [-0.2, 0) is 11.3 Å². The molecule has 4 N–H and O–H groups in total. The maximum Gasteiger partial charge on any atom is 0.258 e. The van der Waals surface area contributed by atoms with Gasteiger partial charge in [-0.05, 0) is 37.3 Å². The highest BCUT2D eigenvalue weighted by atomic mass is 16.3. The van der Waals surface area contributed by atoms with E-state index in [0.717, 1.165) is 11.1 Å². The van der Waals surface area contributed by atoms with Gasteiger partial charge in [0.1, 0.15) is 0 Å². The molecule has 1 unspecified atom stereocenters. The third-order valence-electron chi connectivity index (χ3n) is 5.69. The predicted octanol–water partition coefficient (Wildman–Crippen LogP) is 3.60. The number of fused-ring (bicyclic) bond motifs is 1. The highest BCUT2D eigenvalue weighted by Crippen LogP contribution is 2.27. The fraction of sp³-hybridized carbons (Fsp3) is 0.192. The van der Waals surface area contributed by atoms with Gasteiger partial charge in [0.15, 0.2) is 6.23 Å². The van der Waals surface area contributed by atoms with Crippen LogP contribution in [0.3, 0.4) is 0 Å². The Hall–Kier alpha value is -4.17. The lowest BCUT2D eigenvalue weighted by atomic mass is 10.1. The van der Waals surface area contributed by atoms with Gasteiger partial charge in [0.2, 0.25) is 11.9 Å². The number of aromatic nitrogens is 2. The Bertz CT molecular complexity index is 1320. The minimum atomic E-state index is -0.994. The molecule has 0 spiro atoms. The molecule has 174 valence electrons. The number of primary amides is 1. The van der Waals surface area contributed by atoms with E-state index in [0.29, 0.717) is 34.8 Å². The van der Waals surface area contributed by atoms with Crippen LogP contribution in [-0.4, -0.2) is 33.5 Å². The number of aliphatic hydroxyl groups excluding tert-OH is 1. The molecule has 34 heavy (non-hydrogen) atoms. The molecule has 0 aliphatic rings. The van der Waals surface area contributed by atoms with E-state index in [9.17, 15) is 14.7 Å². The second-order valence-electron chi connectivity index (χ2n) is 8.16. The van der Waals surface area contributed by atoms with E-state index in [4.69, 9.17) is 5.73 Å². The molecular weight excluding hydrogens is 430 g/mol. The van der Waals surface area contributed by atoms with Crippen molar-refractivity contribution in [3.8, 4) is 0 Å². The number of nitrogens with zero attached hydrogens (tertiary/aromatic N) is 3. The average Bonchev–Trinajstić information content (AvgIpc) is 3.18. The Labute approximate surface area is 197 Å². The van der Waals surface area contributed by atoms with Crippen LogP contribution in [0.4, 0.5) is 11.6 Å². The molecule has 8 nitrogen and oxygen atoms in total. The molecule has 3 aromatic carbocycles. The van der Waals surface area contributed by atoms with Crippen LogP contribution in [0, 0.1) is 6.92 Å². The van der Waals surface area contributed by atoms with Crippen LogP contribution in [0.1, 0.15) is 34.1 Å². The van der Waals surface area contributed by atoms with E-state index in [2.05, 4.69) is 10.3 Å². The summed E-state index contributed by atoms with van der Waals surface area (Å²) in [5, 5.41) is 13.8. The highest BCUT2D eigenvalue weighted by molar-refractivity contribution is 6.06. The van der Waals surface area contributed by atoms with Crippen molar-refractivity contribution in [1.82, 2.24) is 9.55 Å². The van der Waals surface area contributed by atoms with Crippen molar-refractivity contribution in [3.63, 3.8) is 0 Å². The number of imidazole rings is 1. The van der Waals surface area contributed by atoms with Crippen molar-refractivity contribution < 1.29 is 14.7 Å². The summed E-state index contributed by atoms with van der Waals surface area (Å²) in [6.07, 6.45) is -0.874. The van der Waals surface area contributed by atoms with Gasteiger partial charge in [0.05, 0.1) is 11.0 Å². The maximum atomic E-state index is 12.9. The summed E-state index contributed by atoms with van der Waals surface area (Å²) < 4.78 is 1.81. The Morgan fingerprint density at radius 3 is 2.47 bits per heavy atom. The number of nitrogens with two attached hydrogens (primary N) is 1. The molecule has 4 rings (SSSR count). The predicted molar refractivity (Wildman–Crippen MR) is 132 cm³/mol. The van der Waals surface area contributed by atoms with Gasteiger partial charge in [0, 0.05) is 36.8 Å². The number of carbonyl (C=O) groups is 2. The Kier molecular flexibility index (Phi) is 6.60. The summed E-state index contributed by atoms with van der Waals surface area (Å²) in [7, 11) is 1.71.